The molecule has 5 heteroatoms. The first kappa shape index (κ1) is 16.6. The van der Waals surface area contributed by atoms with Crippen molar-refractivity contribution >= 4 is 43.2 Å². The first-order valence-electron chi connectivity index (χ1n) is 6.05. The molecule has 18 heavy (non-hydrogen) atoms. The molecule has 0 saturated carbocycles. The molecule has 0 aliphatic heterocycles. The van der Waals surface area contributed by atoms with Crippen LogP contribution in [0, 0.1) is 5.41 Å². The fourth-order valence-electron chi connectivity index (χ4n) is 1.89. The highest BCUT2D eigenvalue weighted by atomic mass is 79.9. The Morgan fingerprint density at radius 1 is 1.39 bits per heavy atom. The van der Waals surface area contributed by atoms with Crippen LogP contribution >= 0.6 is 43.2 Å². The lowest BCUT2D eigenvalue weighted by molar-refractivity contribution is 0.102. The maximum absolute atomic E-state index is 5.98. The summed E-state index contributed by atoms with van der Waals surface area (Å²) in [6.45, 7) is 9.70. The van der Waals surface area contributed by atoms with Gasteiger partial charge in [0.15, 0.2) is 0 Å². The zero-order valence-electron chi connectivity index (χ0n) is 11.6. The number of nitrogens with two attached hydrogens (primary N) is 1. The van der Waals surface area contributed by atoms with Crippen molar-refractivity contribution in [2.75, 3.05) is 13.6 Å². The second-order valence-corrected chi connectivity index (χ2v) is 8.99. The third kappa shape index (κ3) is 3.79. The van der Waals surface area contributed by atoms with E-state index in [4.69, 9.17) is 5.73 Å². The number of hydrogen-bond donors (Lipinski definition) is 1. The van der Waals surface area contributed by atoms with E-state index in [1.54, 1.807) is 11.3 Å². The summed E-state index contributed by atoms with van der Waals surface area (Å²) < 4.78 is 2.24. The standard InChI is InChI=1S/C13H22Br2N2S/c1-8(13(2,3)4)17(5)10(7-16)11-6-9(14)12(15)18-11/h6,8,10H,7,16H2,1-5H3. The maximum atomic E-state index is 5.98. The molecule has 2 atom stereocenters. The highest BCUT2D eigenvalue weighted by Gasteiger charge is 2.29. The second kappa shape index (κ2) is 6.35. The maximum Gasteiger partial charge on any atom is 0.0843 e. The van der Waals surface area contributed by atoms with Crippen LogP contribution in [-0.2, 0) is 0 Å². The molecule has 1 aromatic rings. The molecule has 0 aromatic carbocycles. The van der Waals surface area contributed by atoms with Crippen LogP contribution < -0.4 is 5.73 Å². The highest BCUT2D eigenvalue weighted by Crippen LogP contribution is 2.38. The van der Waals surface area contributed by atoms with Crippen LogP contribution in [0.5, 0.6) is 0 Å². The van der Waals surface area contributed by atoms with Crippen LogP contribution in [0.2, 0.25) is 0 Å². The Morgan fingerprint density at radius 2 is 1.94 bits per heavy atom. The lowest BCUT2D eigenvalue weighted by Crippen LogP contribution is -2.43. The van der Waals surface area contributed by atoms with Crippen LogP contribution in [0.1, 0.15) is 38.6 Å². The molecule has 2 nitrogen and oxygen atoms in total. The predicted octanol–water partition coefficient (Wildman–Crippen LogP) is 4.64. The lowest BCUT2D eigenvalue weighted by atomic mass is 9.86. The molecule has 0 bridgehead atoms. The van der Waals surface area contributed by atoms with Gasteiger partial charge in [0.2, 0.25) is 0 Å². The number of hydrogen-bond acceptors (Lipinski definition) is 3. The van der Waals surface area contributed by atoms with E-state index >= 15 is 0 Å². The van der Waals surface area contributed by atoms with Gasteiger partial charge >= 0.3 is 0 Å². The summed E-state index contributed by atoms with van der Waals surface area (Å²) in [6.07, 6.45) is 0. The fourth-order valence-corrected chi connectivity index (χ4v) is 4.15. The van der Waals surface area contributed by atoms with Crippen molar-refractivity contribution in [1.29, 1.82) is 0 Å². The second-order valence-electron chi connectivity index (χ2n) is 5.73. The molecule has 0 aliphatic carbocycles. The van der Waals surface area contributed by atoms with E-state index in [1.165, 1.54) is 4.88 Å². The molecule has 104 valence electrons. The zero-order chi connectivity index (χ0) is 14.1. The SMILES string of the molecule is CC(N(C)C(CN)c1cc(Br)c(Br)s1)C(C)(C)C. The Hall–Kier alpha value is 0.580. The van der Waals surface area contributed by atoms with E-state index in [2.05, 4.69) is 77.6 Å². The average Bonchev–Trinajstić information content (AvgIpc) is 2.57. The molecule has 1 aromatic heterocycles. The molecule has 0 radical (unpaired) electrons. The van der Waals surface area contributed by atoms with Crippen LogP contribution in [0.15, 0.2) is 14.3 Å². The first-order valence-corrected chi connectivity index (χ1v) is 8.45. The van der Waals surface area contributed by atoms with Gasteiger partial charge in [-0.2, -0.15) is 0 Å². The van der Waals surface area contributed by atoms with Gasteiger partial charge in [-0.25, -0.2) is 0 Å². The number of halogens is 2. The summed E-state index contributed by atoms with van der Waals surface area (Å²) in [4.78, 5) is 3.68. The van der Waals surface area contributed by atoms with Crippen molar-refractivity contribution in [3.8, 4) is 0 Å². The van der Waals surface area contributed by atoms with Crippen molar-refractivity contribution in [3.05, 3.63) is 19.2 Å². The van der Waals surface area contributed by atoms with E-state index in [0.717, 1.165) is 8.26 Å². The third-order valence-corrected chi connectivity index (χ3v) is 6.93. The monoisotopic (exact) mass is 396 g/mol. The van der Waals surface area contributed by atoms with Gasteiger partial charge in [0.05, 0.1) is 9.83 Å². The summed E-state index contributed by atoms with van der Waals surface area (Å²) in [5, 5.41) is 0. The summed E-state index contributed by atoms with van der Waals surface area (Å²) >= 11 is 8.85. The minimum atomic E-state index is 0.244. The first-order chi connectivity index (χ1) is 8.18. The van der Waals surface area contributed by atoms with Crippen molar-refractivity contribution in [1.82, 2.24) is 4.90 Å². The van der Waals surface area contributed by atoms with Crippen molar-refractivity contribution in [2.45, 2.75) is 39.8 Å². The Balaban J connectivity index is 2.96. The topological polar surface area (TPSA) is 29.3 Å². The quantitative estimate of drug-likeness (QED) is 0.801. The largest absolute Gasteiger partial charge is 0.329 e. The number of nitrogens with zero attached hydrogens (tertiary/aromatic N) is 1. The van der Waals surface area contributed by atoms with Crippen molar-refractivity contribution in [3.63, 3.8) is 0 Å². The van der Waals surface area contributed by atoms with E-state index in [1.807, 2.05) is 0 Å². The Kier molecular flexibility index (Phi) is 5.87. The molecule has 0 aliphatic rings. The van der Waals surface area contributed by atoms with Crippen molar-refractivity contribution in [2.24, 2.45) is 11.1 Å². The summed E-state index contributed by atoms with van der Waals surface area (Å²) in [5.41, 5.74) is 6.22. The van der Waals surface area contributed by atoms with Gasteiger partial charge in [-0.05, 0) is 57.3 Å². The smallest absolute Gasteiger partial charge is 0.0843 e. The molecule has 0 fully saturated rings. The summed E-state index contributed by atoms with van der Waals surface area (Å²) in [7, 11) is 2.16. The highest BCUT2D eigenvalue weighted by molar-refractivity contribution is 9.13. The molecular weight excluding hydrogens is 376 g/mol. The minimum absolute atomic E-state index is 0.244. The number of thiophene rings is 1. The van der Waals surface area contributed by atoms with Gasteiger partial charge < -0.3 is 5.73 Å². The van der Waals surface area contributed by atoms with Gasteiger partial charge in [0, 0.05) is 21.9 Å². The number of likely N-dealkylation sites (N-methyl/N-ethyl adjacent to an activating group) is 1. The minimum Gasteiger partial charge on any atom is -0.329 e. The van der Waals surface area contributed by atoms with Crippen LogP contribution in [0.25, 0.3) is 0 Å². The predicted molar refractivity (Wildman–Crippen MR) is 88.2 cm³/mol. The summed E-state index contributed by atoms with van der Waals surface area (Å²) in [6, 6.07) is 2.90. The van der Waals surface area contributed by atoms with Gasteiger partial charge in [-0.1, -0.05) is 20.8 Å². The molecule has 2 N–H and O–H groups in total. The van der Waals surface area contributed by atoms with Crippen molar-refractivity contribution < 1.29 is 0 Å². The molecular formula is C13H22Br2N2S. The Morgan fingerprint density at radius 3 is 2.28 bits per heavy atom. The van der Waals surface area contributed by atoms with Crippen LogP contribution in [0.4, 0.5) is 0 Å². The fraction of sp³-hybridized carbons (Fsp3) is 0.692. The molecule has 1 rings (SSSR count). The van der Waals surface area contributed by atoms with E-state index < -0.39 is 0 Å². The molecule has 0 saturated heterocycles. The molecule has 2 unspecified atom stereocenters. The lowest BCUT2D eigenvalue weighted by Gasteiger charge is -2.39. The third-order valence-electron chi connectivity index (χ3n) is 3.57. The summed E-state index contributed by atoms with van der Waals surface area (Å²) in [5.74, 6) is 0. The van der Waals surface area contributed by atoms with E-state index in [-0.39, 0.29) is 11.5 Å². The van der Waals surface area contributed by atoms with Crippen LogP contribution in [-0.4, -0.2) is 24.5 Å². The van der Waals surface area contributed by atoms with Crippen LogP contribution in [0.3, 0.4) is 0 Å². The van der Waals surface area contributed by atoms with E-state index in [9.17, 15) is 0 Å². The molecule has 0 spiro atoms. The Bertz CT molecular complexity index is 379. The Labute approximate surface area is 131 Å². The van der Waals surface area contributed by atoms with Gasteiger partial charge in [-0.3, -0.25) is 4.90 Å². The normalized spacial score (nSPS) is 16.1. The van der Waals surface area contributed by atoms with Gasteiger partial charge in [0.1, 0.15) is 0 Å². The molecule has 0 amide bonds. The van der Waals surface area contributed by atoms with Gasteiger partial charge in [0.25, 0.3) is 0 Å². The molecule has 1 heterocycles. The van der Waals surface area contributed by atoms with Gasteiger partial charge in [-0.15, -0.1) is 11.3 Å². The zero-order valence-corrected chi connectivity index (χ0v) is 15.6. The average molecular weight is 398 g/mol. The number of rotatable bonds is 4. The van der Waals surface area contributed by atoms with E-state index in [0.29, 0.717) is 12.6 Å².